The van der Waals surface area contributed by atoms with Gasteiger partial charge in [-0.3, -0.25) is 4.79 Å². The van der Waals surface area contributed by atoms with Crippen LogP contribution in [0.15, 0.2) is 0 Å². The first-order chi connectivity index (χ1) is 7.49. The van der Waals surface area contributed by atoms with Gasteiger partial charge < -0.3 is 15.0 Å². The van der Waals surface area contributed by atoms with E-state index in [2.05, 4.69) is 5.32 Å². The smallest absolute Gasteiger partial charge is 0.378 e. The Labute approximate surface area is 91.7 Å². The number of alkyl halides is 3. The van der Waals surface area contributed by atoms with Gasteiger partial charge in [0.05, 0.1) is 19.8 Å². The molecule has 0 unspecified atom stereocenters. The molecule has 1 aliphatic heterocycles. The molecular formula is C9H15F3N2O2. The predicted octanol–water partition coefficient (Wildman–Crippen LogP) is 0.387. The summed E-state index contributed by atoms with van der Waals surface area (Å²) < 4.78 is 40.3. The second-order valence-electron chi connectivity index (χ2n) is 3.54. The maximum absolute atomic E-state index is 11.8. The Morgan fingerprint density at radius 3 is 2.50 bits per heavy atom. The van der Waals surface area contributed by atoms with Gasteiger partial charge in [-0.05, 0) is 0 Å². The standard InChI is InChI=1S/C9H15F3N2O2/c10-9(11,12)7-13-2-1-8(15)14-3-5-16-6-4-14/h13H,1-7H2. The number of hydrogen-bond acceptors (Lipinski definition) is 3. The predicted molar refractivity (Wildman–Crippen MR) is 50.9 cm³/mol. The summed E-state index contributed by atoms with van der Waals surface area (Å²) in [5.41, 5.74) is 0. The quantitative estimate of drug-likeness (QED) is 0.723. The van der Waals surface area contributed by atoms with Gasteiger partial charge in [-0.1, -0.05) is 0 Å². The highest BCUT2D eigenvalue weighted by Gasteiger charge is 2.26. The van der Waals surface area contributed by atoms with Crippen molar-refractivity contribution in [1.29, 1.82) is 0 Å². The van der Waals surface area contributed by atoms with Crippen LogP contribution in [0.25, 0.3) is 0 Å². The molecule has 0 radical (unpaired) electrons. The van der Waals surface area contributed by atoms with Crippen LogP contribution in [-0.4, -0.2) is 56.4 Å². The number of rotatable bonds is 4. The molecule has 1 N–H and O–H groups in total. The normalized spacial score (nSPS) is 17.6. The van der Waals surface area contributed by atoms with Gasteiger partial charge in [-0.15, -0.1) is 0 Å². The van der Waals surface area contributed by atoms with E-state index in [1.807, 2.05) is 0 Å². The van der Waals surface area contributed by atoms with Crippen molar-refractivity contribution in [3.8, 4) is 0 Å². The van der Waals surface area contributed by atoms with E-state index in [1.165, 1.54) is 0 Å². The molecule has 0 atom stereocenters. The highest BCUT2D eigenvalue weighted by Crippen LogP contribution is 2.12. The summed E-state index contributed by atoms with van der Waals surface area (Å²) in [4.78, 5) is 13.1. The number of halogens is 3. The van der Waals surface area contributed by atoms with Crippen LogP contribution in [0.1, 0.15) is 6.42 Å². The van der Waals surface area contributed by atoms with E-state index in [9.17, 15) is 18.0 Å². The van der Waals surface area contributed by atoms with Crippen molar-refractivity contribution < 1.29 is 22.7 Å². The first-order valence-electron chi connectivity index (χ1n) is 5.12. The molecule has 1 amide bonds. The summed E-state index contributed by atoms with van der Waals surface area (Å²) in [5, 5.41) is 2.19. The monoisotopic (exact) mass is 240 g/mol. The molecule has 0 aromatic heterocycles. The number of nitrogens with one attached hydrogen (secondary N) is 1. The molecule has 0 aliphatic carbocycles. The van der Waals surface area contributed by atoms with Gasteiger partial charge >= 0.3 is 6.18 Å². The lowest BCUT2D eigenvalue weighted by molar-refractivity contribution is -0.136. The fourth-order valence-electron chi connectivity index (χ4n) is 1.40. The van der Waals surface area contributed by atoms with Crippen LogP contribution in [0.5, 0.6) is 0 Å². The summed E-state index contributed by atoms with van der Waals surface area (Å²) in [6, 6.07) is 0. The Bertz CT molecular complexity index is 227. The van der Waals surface area contributed by atoms with Crippen LogP contribution < -0.4 is 5.32 Å². The van der Waals surface area contributed by atoms with E-state index in [1.54, 1.807) is 4.90 Å². The summed E-state index contributed by atoms with van der Waals surface area (Å²) in [6.07, 6.45) is -4.13. The van der Waals surface area contributed by atoms with Gasteiger partial charge in [0, 0.05) is 26.1 Å². The zero-order chi connectivity index (χ0) is 12.0. The zero-order valence-electron chi connectivity index (χ0n) is 8.85. The van der Waals surface area contributed by atoms with Gasteiger partial charge in [-0.2, -0.15) is 13.2 Å². The third-order valence-electron chi connectivity index (χ3n) is 2.20. The Balaban J connectivity index is 2.10. The van der Waals surface area contributed by atoms with Crippen molar-refractivity contribution in [1.82, 2.24) is 10.2 Å². The molecule has 16 heavy (non-hydrogen) atoms. The van der Waals surface area contributed by atoms with E-state index < -0.39 is 12.7 Å². The SMILES string of the molecule is O=C(CCNCC(F)(F)F)N1CCOCC1. The van der Waals surface area contributed by atoms with Crippen LogP contribution in [0.3, 0.4) is 0 Å². The molecule has 0 saturated carbocycles. The third kappa shape index (κ3) is 5.32. The number of nitrogens with zero attached hydrogens (tertiary/aromatic N) is 1. The zero-order valence-corrected chi connectivity index (χ0v) is 8.85. The van der Waals surface area contributed by atoms with Gasteiger partial charge in [0.1, 0.15) is 0 Å². The fraction of sp³-hybridized carbons (Fsp3) is 0.889. The van der Waals surface area contributed by atoms with Crippen molar-refractivity contribution in [2.45, 2.75) is 12.6 Å². The lowest BCUT2D eigenvalue weighted by Crippen LogP contribution is -2.42. The molecule has 0 spiro atoms. The first-order valence-corrected chi connectivity index (χ1v) is 5.12. The average molecular weight is 240 g/mol. The van der Waals surface area contributed by atoms with E-state index >= 15 is 0 Å². The van der Waals surface area contributed by atoms with Crippen LogP contribution in [0, 0.1) is 0 Å². The molecule has 94 valence electrons. The van der Waals surface area contributed by atoms with E-state index in [0.29, 0.717) is 26.3 Å². The number of ether oxygens (including phenoxy) is 1. The number of hydrogen-bond donors (Lipinski definition) is 1. The second kappa shape index (κ2) is 6.05. The molecule has 1 aliphatic rings. The van der Waals surface area contributed by atoms with E-state index in [-0.39, 0.29) is 18.9 Å². The van der Waals surface area contributed by atoms with Gasteiger partial charge in [0.2, 0.25) is 5.91 Å². The number of morpholine rings is 1. The van der Waals surface area contributed by atoms with Crippen LogP contribution in [-0.2, 0) is 9.53 Å². The average Bonchev–Trinajstić information content (AvgIpc) is 2.24. The highest BCUT2D eigenvalue weighted by atomic mass is 19.4. The minimum absolute atomic E-state index is 0.0513. The van der Waals surface area contributed by atoms with Gasteiger partial charge in [0.15, 0.2) is 0 Å². The molecule has 0 aromatic rings. The number of amides is 1. The van der Waals surface area contributed by atoms with Crippen molar-refractivity contribution in [2.24, 2.45) is 0 Å². The van der Waals surface area contributed by atoms with Crippen LogP contribution in [0.2, 0.25) is 0 Å². The Hall–Kier alpha value is -0.820. The Morgan fingerprint density at radius 2 is 1.94 bits per heavy atom. The minimum atomic E-state index is -4.22. The molecule has 4 nitrogen and oxygen atoms in total. The lowest BCUT2D eigenvalue weighted by Gasteiger charge is -2.26. The molecule has 0 aromatic carbocycles. The molecule has 1 saturated heterocycles. The van der Waals surface area contributed by atoms with Gasteiger partial charge in [0.25, 0.3) is 0 Å². The fourth-order valence-corrected chi connectivity index (χ4v) is 1.40. The van der Waals surface area contributed by atoms with Crippen molar-refractivity contribution in [3.05, 3.63) is 0 Å². The number of carbonyl (C=O) groups excluding carboxylic acids is 1. The van der Waals surface area contributed by atoms with Crippen molar-refractivity contribution in [2.75, 3.05) is 39.4 Å². The summed E-state index contributed by atoms with van der Waals surface area (Å²) >= 11 is 0. The molecule has 7 heteroatoms. The van der Waals surface area contributed by atoms with Crippen molar-refractivity contribution >= 4 is 5.91 Å². The Morgan fingerprint density at radius 1 is 1.31 bits per heavy atom. The summed E-state index contributed by atoms with van der Waals surface area (Å²) in [7, 11) is 0. The summed E-state index contributed by atoms with van der Waals surface area (Å²) in [6.45, 7) is 1.05. The van der Waals surface area contributed by atoms with E-state index in [4.69, 9.17) is 4.74 Å². The highest BCUT2D eigenvalue weighted by molar-refractivity contribution is 5.76. The summed E-state index contributed by atoms with van der Waals surface area (Å²) in [5.74, 6) is -0.127. The van der Waals surface area contributed by atoms with Crippen molar-refractivity contribution in [3.63, 3.8) is 0 Å². The molecule has 1 fully saturated rings. The maximum atomic E-state index is 11.8. The number of carbonyl (C=O) groups is 1. The van der Waals surface area contributed by atoms with Crippen LogP contribution >= 0.6 is 0 Å². The minimum Gasteiger partial charge on any atom is -0.378 e. The van der Waals surface area contributed by atoms with Crippen LogP contribution in [0.4, 0.5) is 13.2 Å². The van der Waals surface area contributed by atoms with E-state index in [0.717, 1.165) is 0 Å². The second-order valence-corrected chi connectivity index (χ2v) is 3.54. The van der Waals surface area contributed by atoms with Gasteiger partial charge in [-0.25, -0.2) is 0 Å². The maximum Gasteiger partial charge on any atom is 0.401 e. The third-order valence-corrected chi connectivity index (χ3v) is 2.20. The lowest BCUT2D eigenvalue weighted by atomic mass is 10.3. The molecular weight excluding hydrogens is 225 g/mol. The molecule has 1 heterocycles. The Kier molecular flexibility index (Phi) is 5.01. The first kappa shape index (κ1) is 13.2. The topological polar surface area (TPSA) is 41.6 Å². The largest absolute Gasteiger partial charge is 0.401 e. The molecule has 0 bridgehead atoms. The molecule has 1 rings (SSSR count).